The van der Waals surface area contributed by atoms with E-state index in [0.717, 1.165) is 10.7 Å². The number of rotatable bonds is 6. The highest BCUT2D eigenvalue weighted by atomic mass is 19.4. The number of carbonyl (C=O) groups excluding carboxylic acids is 2. The Labute approximate surface area is 196 Å². The number of halogens is 4. The number of para-hydroxylation sites is 1. The predicted molar refractivity (Wildman–Crippen MR) is 120 cm³/mol. The summed E-state index contributed by atoms with van der Waals surface area (Å²) in [6.07, 6.45) is -4.54. The topological polar surface area (TPSA) is 103 Å². The fraction of sp³-hybridized carbons (Fsp3) is 0.167. The summed E-state index contributed by atoms with van der Waals surface area (Å²) in [5.74, 6) is -2.18. The van der Waals surface area contributed by atoms with Crippen LogP contribution in [0.25, 0.3) is 10.9 Å². The lowest BCUT2D eigenvalue weighted by molar-refractivity contribution is -0.140. The average Bonchev–Trinajstić information content (AvgIpc) is 3.13. The number of carbonyl (C=O) groups is 2. The second kappa shape index (κ2) is 9.16. The number of fused-ring (bicyclic) bond motifs is 1. The second-order valence-electron chi connectivity index (χ2n) is 7.80. The molecule has 0 aliphatic rings. The molecule has 0 radical (unpaired) electrons. The third-order valence-electron chi connectivity index (χ3n) is 5.45. The zero-order chi connectivity index (χ0) is 25.3. The minimum absolute atomic E-state index is 0.0593. The number of anilines is 1. The summed E-state index contributed by atoms with van der Waals surface area (Å²) in [5, 5.41) is 6.34. The van der Waals surface area contributed by atoms with Crippen LogP contribution in [0, 0.1) is 12.7 Å². The molecule has 0 fully saturated rings. The number of aryl methyl sites for hydroxylation is 2. The van der Waals surface area contributed by atoms with Crippen LogP contribution in [-0.2, 0) is 19.1 Å². The molecule has 3 N–H and O–H groups in total. The van der Waals surface area contributed by atoms with Gasteiger partial charge in [0.2, 0.25) is 0 Å². The molecule has 35 heavy (non-hydrogen) atoms. The number of primary amides is 1. The maximum atomic E-state index is 13.8. The Bertz CT molecular complexity index is 1430. The number of nitrogens with zero attached hydrogens (tertiary/aromatic N) is 3. The van der Waals surface area contributed by atoms with Crippen molar-refractivity contribution in [2.45, 2.75) is 26.1 Å². The Kier molecular flexibility index (Phi) is 6.25. The molecule has 2 amide bonds. The van der Waals surface area contributed by atoms with Crippen molar-refractivity contribution in [1.29, 1.82) is 0 Å². The first-order valence-electron chi connectivity index (χ1n) is 10.4. The van der Waals surface area contributed by atoms with E-state index in [1.807, 2.05) is 0 Å². The number of hydrogen-bond donors (Lipinski definition) is 2. The molecule has 7 nitrogen and oxygen atoms in total. The average molecular weight is 485 g/mol. The Balaban J connectivity index is 1.70. The number of nitrogens with one attached hydrogen (secondary N) is 1. The monoisotopic (exact) mass is 485 g/mol. The quantitative estimate of drug-likeness (QED) is 0.393. The van der Waals surface area contributed by atoms with Gasteiger partial charge in [-0.3, -0.25) is 14.3 Å². The number of benzene rings is 2. The summed E-state index contributed by atoms with van der Waals surface area (Å²) in [7, 11) is 0. The maximum Gasteiger partial charge on any atom is 0.437 e. The first kappa shape index (κ1) is 23.9. The van der Waals surface area contributed by atoms with Crippen molar-refractivity contribution in [2.24, 2.45) is 5.73 Å². The van der Waals surface area contributed by atoms with Gasteiger partial charge in [-0.05, 0) is 43.2 Å². The lowest BCUT2D eigenvalue weighted by Crippen LogP contribution is -2.19. The minimum Gasteiger partial charge on any atom is -0.364 e. The molecule has 4 rings (SSSR count). The van der Waals surface area contributed by atoms with Gasteiger partial charge < -0.3 is 11.1 Å². The van der Waals surface area contributed by atoms with Gasteiger partial charge in [0.25, 0.3) is 11.8 Å². The Hall–Kier alpha value is -4.28. The highest BCUT2D eigenvalue weighted by Crippen LogP contribution is 2.36. The lowest BCUT2D eigenvalue weighted by Gasteiger charge is -2.11. The molecule has 180 valence electrons. The maximum absolute atomic E-state index is 13.8. The summed E-state index contributed by atoms with van der Waals surface area (Å²) >= 11 is 0. The van der Waals surface area contributed by atoms with E-state index in [1.165, 1.54) is 31.2 Å². The van der Waals surface area contributed by atoms with E-state index in [9.17, 15) is 27.2 Å². The number of alkyl halides is 3. The summed E-state index contributed by atoms with van der Waals surface area (Å²) in [6, 6.07) is 13.1. The van der Waals surface area contributed by atoms with Gasteiger partial charge in [-0.25, -0.2) is 9.37 Å². The van der Waals surface area contributed by atoms with Gasteiger partial charge in [0.05, 0.1) is 22.5 Å². The highest BCUT2D eigenvalue weighted by molar-refractivity contribution is 6.14. The fourth-order valence-electron chi connectivity index (χ4n) is 3.67. The standard InChI is InChI=1S/C24H19F4N5O2/c1-13-20(21(24(26,27)28)32-33(13)11-10-14-6-8-15(25)9-7-14)31-23(35)17-12-19(22(29)34)30-18-5-3-2-4-16(17)18/h2-9,12H,10-11H2,1H3,(H2,29,34)(H,31,35). The number of amides is 2. The Morgan fingerprint density at radius 3 is 2.43 bits per heavy atom. The molecule has 0 unspecified atom stereocenters. The molecule has 11 heteroatoms. The van der Waals surface area contributed by atoms with Crippen molar-refractivity contribution in [1.82, 2.24) is 14.8 Å². The number of hydrogen-bond acceptors (Lipinski definition) is 4. The Morgan fingerprint density at radius 2 is 1.77 bits per heavy atom. The van der Waals surface area contributed by atoms with Crippen LogP contribution < -0.4 is 11.1 Å². The van der Waals surface area contributed by atoms with Crippen molar-refractivity contribution < 1.29 is 27.2 Å². The lowest BCUT2D eigenvalue weighted by atomic mass is 10.1. The summed E-state index contributed by atoms with van der Waals surface area (Å²) in [5.41, 5.74) is 4.38. The van der Waals surface area contributed by atoms with Crippen LogP contribution in [-0.4, -0.2) is 26.6 Å². The van der Waals surface area contributed by atoms with Gasteiger partial charge in [0.15, 0.2) is 5.69 Å². The van der Waals surface area contributed by atoms with E-state index in [0.29, 0.717) is 17.4 Å². The summed E-state index contributed by atoms with van der Waals surface area (Å²) in [4.78, 5) is 28.9. The summed E-state index contributed by atoms with van der Waals surface area (Å²) in [6.45, 7) is 1.47. The first-order valence-corrected chi connectivity index (χ1v) is 10.4. The van der Waals surface area contributed by atoms with E-state index < -0.39 is 35.2 Å². The third-order valence-corrected chi connectivity index (χ3v) is 5.45. The van der Waals surface area contributed by atoms with E-state index in [-0.39, 0.29) is 29.0 Å². The molecule has 2 heterocycles. The van der Waals surface area contributed by atoms with Gasteiger partial charge in [-0.1, -0.05) is 30.3 Å². The zero-order valence-corrected chi connectivity index (χ0v) is 18.4. The van der Waals surface area contributed by atoms with Crippen molar-refractivity contribution in [3.8, 4) is 0 Å². The van der Waals surface area contributed by atoms with Crippen molar-refractivity contribution in [3.05, 3.63) is 88.6 Å². The second-order valence-corrected chi connectivity index (χ2v) is 7.80. The van der Waals surface area contributed by atoms with E-state index in [4.69, 9.17) is 5.73 Å². The zero-order valence-electron chi connectivity index (χ0n) is 18.4. The SMILES string of the molecule is Cc1c(NC(=O)c2cc(C(N)=O)nc3ccccc23)c(C(F)(F)F)nn1CCc1ccc(F)cc1. The van der Waals surface area contributed by atoms with Crippen LogP contribution in [0.2, 0.25) is 0 Å². The normalized spacial score (nSPS) is 11.6. The number of pyridine rings is 1. The largest absolute Gasteiger partial charge is 0.437 e. The van der Waals surface area contributed by atoms with Crippen molar-refractivity contribution >= 4 is 28.4 Å². The van der Waals surface area contributed by atoms with Crippen LogP contribution in [0.1, 0.15) is 37.8 Å². The van der Waals surface area contributed by atoms with E-state index in [1.54, 1.807) is 24.3 Å². The first-order chi connectivity index (χ1) is 16.5. The van der Waals surface area contributed by atoms with Gasteiger partial charge in [-0.15, -0.1) is 0 Å². The van der Waals surface area contributed by atoms with Gasteiger partial charge in [-0.2, -0.15) is 18.3 Å². The molecule has 2 aromatic carbocycles. The molecular formula is C24H19F4N5O2. The number of nitrogens with two attached hydrogens (primary N) is 1. The summed E-state index contributed by atoms with van der Waals surface area (Å²) < 4.78 is 55.6. The van der Waals surface area contributed by atoms with Gasteiger partial charge in [0, 0.05) is 11.9 Å². The molecule has 0 saturated carbocycles. The van der Waals surface area contributed by atoms with Crippen LogP contribution >= 0.6 is 0 Å². The van der Waals surface area contributed by atoms with Crippen LogP contribution in [0.5, 0.6) is 0 Å². The number of aromatic nitrogens is 3. The van der Waals surface area contributed by atoms with Gasteiger partial charge >= 0.3 is 6.18 Å². The minimum atomic E-state index is -4.84. The molecule has 0 bridgehead atoms. The molecule has 0 atom stereocenters. The van der Waals surface area contributed by atoms with E-state index >= 15 is 0 Å². The molecular weight excluding hydrogens is 466 g/mol. The van der Waals surface area contributed by atoms with Crippen molar-refractivity contribution in [3.63, 3.8) is 0 Å². The molecule has 0 aliphatic carbocycles. The van der Waals surface area contributed by atoms with Crippen LogP contribution in [0.15, 0.2) is 54.6 Å². The molecule has 0 spiro atoms. The highest BCUT2D eigenvalue weighted by Gasteiger charge is 2.39. The smallest absolute Gasteiger partial charge is 0.364 e. The molecule has 2 aromatic heterocycles. The molecule has 0 aliphatic heterocycles. The van der Waals surface area contributed by atoms with Crippen LogP contribution in [0.3, 0.4) is 0 Å². The van der Waals surface area contributed by atoms with E-state index in [2.05, 4.69) is 15.4 Å². The van der Waals surface area contributed by atoms with Crippen molar-refractivity contribution in [2.75, 3.05) is 5.32 Å². The third kappa shape index (κ3) is 4.98. The van der Waals surface area contributed by atoms with Gasteiger partial charge in [0.1, 0.15) is 11.5 Å². The Morgan fingerprint density at radius 1 is 1.09 bits per heavy atom. The predicted octanol–water partition coefficient (Wildman–Crippen LogP) is 4.49. The molecule has 0 saturated heterocycles. The fourth-order valence-corrected chi connectivity index (χ4v) is 3.67. The van der Waals surface area contributed by atoms with Crippen LogP contribution in [0.4, 0.5) is 23.2 Å². The molecule has 4 aromatic rings.